The summed E-state index contributed by atoms with van der Waals surface area (Å²) < 4.78 is 0. The van der Waals surface area contributed by atoms with Gasteiger partial charge in [0.05, 0.1) is 16.7 Å². The summed E-state index contributed by atoms with van der Waals surface area (Å²) >= 11 is 1.59. The minimum atomic E-state index is -0.794. The van der Waals surface area contributed by atoms with Gasteiger partial charge in [-0.2, -0.15) is 0 Å². The third-order valence-corrected chi connectivity index (χ3v) is 5.20. The highest BCUT2D eigenvalue weighted by molar-refractivity contribution is 7.11. The number of aryl methyl sites for hydroxylation is 2. The van der Waals surface area contributed by atoms with Gasteiger partial charge in [-0.15, -0.1) is 11.3 Å². The Morgan fingerprint density at radius 1 is 1.45 bits per heavy atom. The molecule has 6 heteroatoms. The smallest absolute Gasteiger partial charge is 0.249 e. The second-order valence-electron chi connectivity index (χ2n) is 5.53. The number of aromatic nitrogens is 1. The van der Waals surface area contributed by atoms with Crippen LogP contribution in [0.4, 0.5) is 0 Å². The first kappa shape index (κ1) is 15.0. The van der Waals surface area contributed by atoms with Crippen LogP contribution in [0.2, 0.25) is 0 Å². The molecule has 20 heavy (non-hydrogen) atoms. The molecule has 1 N–H and O–H groups in total. The number of carbonyl (C=O) groups is 2. The van der Waals surface area contributed by atoms with Crippen LogP contribution in [0.1, 0.15) is 48.8 Å². The van der Waals surface area contributed by atoms with Gasteiger partial charge >= 0.3 is 0 Å². The van der Waals surface area contributed by atoms with Gasteiger partial charge in [0, 0.05) is 4.88 Å². The molecule has 2 amide bonds. The molecular weight excluding hydrogens is 274 g/mol. The fourth-order valence-corrected chi connectivity index (χ4v) is 3.56. The highest BCUT2D eigenvalue weighted by Gasteiger charge is 2.43. The molecular formula is C14H21N3O2S. The molecule has 1 aliphatic heterocycles. The van der Waals surface area contributed by atoms with Crippen LogP contribution in [-0.4, -0.2) is 33.8 Å². The Bertz CT molecular complexity index is 555. The van der Waals surface area contributed by atoms with Gasteiger partial charge in [0.15, 0.2) is 0 Å². The van der Waals surface area contributed by atoms with Crippen LogP contribution in [0, 0.1) is 13.8 Å². The van der Waals surface area contributed by atoms with E-state index >= 15 is 0 Å². The third kappa shape index (κ3) is 2.44. The molecule has 0 aliphatic carbocycles. The second-order valence-corrected chi connectivity index (χ2v) is 6.76. The molecule has 1 aromatic rings. The second kappa shape index (κ2) is 5.16. The van der Waals surface area contributed by atoms with Gasteiger partial charge in [0.2, 0.25) is 11.8 Å². The molecule has 5 nitrogen and oxygen atoms in total. The monoisotopic (exact) mass is 295 g/mol. The number of nitrogens with zero attached hydrogens (tertiary/aromatic N) is 2. The fraction of sp³-hybridized carbons (Fsp3) is 0.643. The third-order valence-electron chi connectivity index (χ3n) is 3.96. The molecule has 1 saturated heterocycles. The lowest BCUT2D eigenvalue weighted by molar-refractivity contribution is -0.151. The molecule has 0 saturated carbocycles. The van der Waals surface area contributed by atoms with Crippen molar-refractivity contribution in [3.63, 3.8) is 0 Å². The van der Waals surface area contributed by atoms with Crippen LogP contribution < -0.4 is 5.32 Å². The number of nitrogens with one attached hydrogen (secondary N) is 1. The zero-order chi connectivity index (χ0) is 15.1. The van der Waals surface area contributed by atoms with Gasteiger partial charge in [-0.3, -0.25) is 9.59 Å². The molecule has 2 unspecified atom stereocenters. The highest BCUT2D eigenvalue weighted by atomic mass is 32.1. The number of rotatable bonds is 3. The van der Waals surface area contributed by atoms with E-state index in [-0.39, 0.29) is 24.4 Å². The van der Waals surface area contributed by atoms with E-state index in [1.54, 1.807) is 23.2 Å². The van der Waals surface area contributed by atoms with Crippen LogP contribution in [0.25, 0.3) is 0 Å². The fourth-order valence-electron chi connectivity index (χ4n) is 2.57. The number of thiazole rings is 1. The summed E-state index contributed by atoms with van der Waals surface area (Å²) in [7, 11) is 0. The zero-order valence-electron chi connectivity index (χ0n) is 12.6. The van der Waals surface area contributed by atoms with Crippen molar-refractivity contribution in [2.75, 3.05) is 6.54 Å². The highest BCUT2D eigenvalue weighted by Crippen LogP contribution is 2.32. The van der Waals surface area contributed by atoms with Gasteiger partial charge in [0.25, 0.3) is 0 Å². The van der Waals surface area contributed by atoms with Crippen molar-refractivity contribution in [3.8, 4) is 0 Å². The number of carbonyl (C=O) groups excluding carboxylic acids is 2. The number of piperazine rings is 1. The minimum Gasteiger partial charge on any atom is -0.340 e. The Kier molecular flexibility index (Phi) is 3.86. The topological polar surface area (TPSA) is 62.3 Å². The van der Waals surface area contributed by atoms with E-state index < -0.39 is 5.54 Å². The van der Waals surface area contributed by atoms with E-state index in [0.29, 0.717) is 6.42 Å². The molecule has 2 heterocycles. The number of amides is 2. The summed E-state index contributed by atoms with van der Waals surface area (Å²) in [4.78, 5) is 31.7. The van der Waals surface area contributed by atoms with Gasteiger partial charge in [-0.05, 0) is 34.1 Å². The van der Waals surface area contributed by atoms with Gasteiger partial charge in [-0.1, -0.05) is 6.92 Å². The maximum Gasteiger partial charge on any atom is 0.249 e. The normalized spacial score (nSPS) is 24.8. The lowest BCUT2D eigenvalue weighted by Gasteiger charge is -2.41. The zero-order valence-corrected chi connectivity index (χ0v) is 13.4. The van der Waals surface area contributed by atoms with E-state index in [1.165, 1.54) is 0 Å². The lowest BCUT2D eigenvalue weighted by atomic mass is 9.93. The first-order chi connectivity index (χ1) is 9.28. The SMILES string of the molecule is CCC1(C)NC(=O)CN(C(C)c2sc(C)nc2C)C1=O. The summed E-state index contributed by atoms with van der Waals surface area (Å²) in [6.45, 7) is 9.68. The maximum atomic E-state index is 12.7. The lowest BCUT2D eigenvalue weighted by Crippen LogP contribution is -2.65. The molecule has 1 aromatic heterocycles. The molecule has 2 rings (SSSR count). The van der Waals surface area contributed by atoms with E-state index in [9.17, 15) is 9.59 Å². The molecule has 0 spiro atoms. The molecule has 1 fully saturated rings. The number of hydrogen-bond acceptors (Lipinski definition) is 4. The van der Waals surface area contributed by atoms with Crippen LogP contribution in [0.15, 0.2) is 0 Å². The average Bonchev–Trinajstić information content (AvgIpc) is 2.72. The van der Waals surface area contributed by atoms with Crippen LogP contribution in [-0.2, 0) is 9.59 Å². The first-order valence-corrected chi connectivity index (χ1v) is 7.66. The van der Waals surface area contributed by atoms with Crippen LogP contribution >= 0.6 is 11.3 Å². The van der Waals surface area contributed by atoms with E-state index in [2.05, 4.69) is 10.3 Å². The van der Waals surface area contributed by atoms with Crippen molar-refractivity contribution in [2.45, 2.75) is 52.6 Å². The summed E-state index contributed by atoms with van der Waals surface area (Å²) in [5, 5.41) is 3.79. The van der Waals surface area contributed by atoms with Crippen molar-refractivity contribution < 1.29 is 9.59 Å². The quantitative estimate of drug-likeness (QED) is 0.927. The van der Waals surface area contributed by atoms with Gasteiger partial charge in [0.1, 0.15) is 12.1 Å². The Hall–Kier alpha value is -1.43. The summed E-state index contributed by atoms with van der Waals surface area (Å²) in [5.74, 6) is -0.114. The van der Waals surface area contributed by atoms with Gasteiger partial charge in [-0.25, -0.2) is 4.98 Å². The summed E-state index contributed by atoms with van der Waals surface area (Å²) in [5.41, 5.74) is 0.147. The van der Waals surface area contributed by atoms with E-state index in [1.807, 2.05) is 27.7 Å². The molecule has 0 bridgehead atoms. The molecule has 0 aromatic carbocycles. The summed E-state index contributed by atoms with van der Waals surface area (Å²) in [6.07, 6.45) is 0.585. The van der Waals surface area contributed by atoms with Crippen molar-refractivity contribution in [1.29, 1.82) is 0 Å². The molecule has 1 aliphatic rings. The summed E-state index contributed by atoms with van der Waals surface area (Å²) in [6, 6.07) is -0.120. The van der Waals surface area contributed by atoms with E-state index in [4.69, 9.17) is 0 Å². The largest absolute Gasteiger partial charge is 0.340 e. The van der Waals surface area contributed by atoms with Crippen LogP contribution in [0.5, 0.6) is 0 Å². The first-order valence-electron chi connectivity index (χ1n) is 6.84. The van der Waals surface area contributed by atoms with Crippen LogP contribution in [0.3, 0.4) is 0 Å². The maximum absolute atomic E-state index is 12.7. The predicted octanol–water partition coefficient (Wildman–Crippen LogP) is 1.95. The Morgan fingerprint density at radius 2 is 2.10 bits per heavy atom. The Labute approximate surface area is 123 Å². The Morgan fingerprint density at radius 3 is 2.60 bits per heavy atom. The molecule has 0 radical (unpaired) electrons. The van der Waals surface area contributed by atoms with Crippen molar-refractivity contribution in [3.05, 3.63) is 15.6 Å². The predicted molar refractivity (Wildman–Crippen MR) is 78.6 cm³/mol. The minimum absolute atomic E-state index is 0.0162. The standard InChI is InChI=1S/C14H21N3O2S/c1-6-14(5)13(19)17(7-11(18)16-14)9(3)12-8(2)15-10(4)20-12/h9H,6-7H2,1-5H3,(H,16,18). The average molecular weight is 295 g/mol. The van der Waals surface area contributed by atoms with Crippen molar-refractivity contribution >= 4 is 23.2 Å². The Balaban J connectivity index is 2.33. The van der Waals surface area contributed by atoms with Crippen molar-refractivity contribution in [1.82, 2.24) is 15.2 Å². The molecule has 110 valence electrons. The van der Waals surface area contributed by atoms with Crippen molar-refractivity contribution in [2.24, 2.45) is 0 Å². The van der Waals surface area contributed by atoms with Gasteiger partial charge < -0.3 is 10.2 Å². The number of hydrogen-bond donors (Lipinski definition) is 1. The molecule has 2 atom stereocenters. The van der Waals surface area contributed by atoms with E-state index in [0.717, 1.165) is 15.6 Å².